The third-order valence-electron chi connectivity index (χ3n) is 14.1. The van der Waals surface area contributed by atoms with Gasteiger partial charge in [-0.2, -0.15) is 0 Å². The monoisotopic (exact) mass is 656 g/mol. The van der Waals surface area contributed by atoms with Gasteiger partial charge in [0.15, 0.2) is 0 Å². The third kappa shape index (κ3) is 2.64. The van der Waals surface area contributed by atoms with E-state index in [0.29, 0.717) is 0 Å². The molecule has 8 aliphatic rings. The summed E-state index contributed by atoms with van der Waals surface area (Å²) in [6.45, 7) is 9.53. The normalized spacial score (nSPS) is 42.2. The SMILES string of the molecule is Cc1[c-]c2c([c-]c1C)C1C3CC(C21)C1c2cc4c(cc2C31)-c1cc2c(cc1C4)C1C3CC(C(C)C3C)C21.[Y].[Y]. The van der Waals surface area contributed by atoms with E-state index < -0.39 is 0 Å². The minimum absolute atomic E-state index is 0. The maximum absolute atomic E-state index is 3.81. The maximum atomic E-state index is 3.81. The third-order valence-corrected chi connectivity index (χ3v) is 14.1. The van der Waals surface area contributed by atoms with Gasteiger partial charge in [0.1, 0.15) is 0 Å². The van der Waals surface area contributed by atoms with Gasteiger partial charge >= 0.3 is 0 Å². The predicted molar refractivity (Wildman–Crippen MR) is 146 cm³/mol. The molecule has 0 aromatic heterocycles. The first kappa shape index (κ1) is 25.4. The van der Waals surface area contributed by atoms with Crippen LogP contribution in [0.15, 0.2) is 24.3 Å². The number of fused-ring (bicyclic) bond motifs is 25. The van der Waals surface area contributed by atoms with Crippen LogP contribution in [0.4, 0.5) is 0 Å². The molecule has 0 saturated heterocycles. The van der Waals surface area contributed by atoms with Crippen LogP contribution in [0, 0.1) is 61.5 Å². The molecule has 11 rings (SSSR count). The summed E-state index contributed by atoms with van der Waals surface area (Å²) in [5, 5.41) is 0. The summed E-state index contributed by atoms with van der Waals surface area (Å²) in [5.41, 5.74) is 19.1. The molecule has 4 fully saturated rings. The molecule has 0 aliphatic heterocycles. The first-order valence-corrected chi connectivity index (χ1v) is 15.3. The Labute approximate surface area is 283 Å². The summed E-state index contributed by atoms with van der Waals surface area (Å²) in [6.07, 6.45) is 4.10. The molecule has 3 aromatic carbocycles. The first-order chi connectivity index (χ1) is 18.0. The maximum Gasteiger partial charge on any atom is 0 e. The topological polar surface area (TPSA) is 0 Å². The van der Waals surface area contributed by atoms with Crippen LogP contribution in [0.2, 0.25) is 0 Å². The summed E-state index contributed by atoms with van der Waals surface area (Å²) in [6, 6.07) is 18.4. The van der Waals surface area contributed by atoms with E-state index in [4.69, 9.17) is 0 Å². The van der Waals surface area contributed by atoms with Crippen molar-refractivity contribution >= 4 is 0 Å². The van der Waals surface area contributed by atoms with E-state index in [1.807, 2.05) is 0 Å². The zero-order chi connectivity index (χ0) is 24.2. The Morgan fingerprint density at radius 2 is 0.923 bits per heavy atom. The van der Waals surface area contributed by atoms with Crippen molar-refractivity contribution in [3.05, 3.63) is 92.0 Å². The van der Waals surface area contributed by atoms with Crippen molar-refractivity contribution in [2.24, 2.45) is 35.5 Å². The van der Waals surface area contributed by atoms with Crippen LogP contribution >= 0.6 is 0 Å². The molecule has 4 bridgehead atoms. The molecule has 12 atom stereocenters. The standard InChI is InChI=1S/C37H34.2Y/c1-14-5-24-25(6-15(14)2)35-31-13-30(34(24)35)36-27-9-19-7-18-8-26-28(11-22(18)23(19)12-29(27)37(31)36)33-21-10-20(32(26)33)16(3)17(21)4;;/h8-9,11-12,16-17,20-21,30-37H,7,10,13H2,1-4H3;;/q-2;;. The van der Waals surface area contributed by atoms with Crippen LogP contribution in [-0.4, -0.2) is 0 Å². The Bertz CT molecular complexity index is 1650. The van der Waals surface area contributed by atoms with E-state index in [0.717, 1.165) is 71.0 Å². The van der Waals surface area contributed by atoms with Crippen molar-refractivity contribution in [3.8, 4) is 11.1 Å². The molecule has 0 nitrogen and oxygen atoms in total. The van der Waals surface area contributed by atoms with Crippen LogP contribution in [0.3, 0.4) is 0 Å². The van der Waals surface area contributed by atoms with Gasteiger partial charge in [-0.1, -0.05) is 49.9 Å². The minimum atomic E-state index is 0. The van der Waals surface area contributed by atoms with Crippen molar-refractivity contribution in [2.75, 3.05) is 0 Å². The summed E-state index contributed by atoms with van der Waals surface area (Å²) in [5.74, 6) is 10.4. The number of aryl methyl sites for hydroxylation is 2. The van der Waals surface area contributed by atoms with E-state index >= 15 is 0 Å². The molecule has 2 radical (unpaired) electrons. The van der Waals surface area contributed by atoms with Gasteiger partial charge in [-0.3, -0.25) is 22.3 Å². The van der Waals surface area contributed by atoms with Crippen molar-refractivity contribution in [3.63, 3.8) is 0 Å². The van der Waals surface area contributed by atoms with Gasteiger partial charge in [0, 0.05) is 65.4 Å². The van der Waals surface area contributed by atoms with Crippen molar-refractivity contribution in [1.82, 2.24) is 0 Å². The molecule has 0 spiro atoms. The summed E-state index contributed by atoms with van der Waals surface area (Å²) >= 11 is 0. The largest absolute Gasteiger partial charge is 0.312 e. The number of hydrogen-bond acceptors (Lipinski definition) is 0. The van der Waals surface area contributed by atoms with Crippen molar-refractivity contribution < 1.29 is 65.4 Å². The molecular weight excluding hydrogens is 622 g/mol. The molecule has 4 saturated carbocycles. The van der Waals surface area contributed by atoms with Gasteiger partial charge in [-0.05, 0) is 123 Å². The fourth-order valence-electron chi connectivity index (χ4n) is 12.4. The average Bonchev–Trinajstić information content (AvgIpc) is 3.62. The molecule has 12 unspecified atom stereocenters. The van der Waals surface area contributed by atoms with Crippen LogP contribution in [0.5, 0.6) is 0 Å². The zero-order valence-electron chi connectivity index (χ0n) is 23.5. The van der Waals surface area contributed by atoms with Gasteiger partial charge in [0.05, 0.1) is 0 Å². The van der Waals surface area contributed by atoms with Crippen LogP contribution in [0.1, 0.15) is 118 Å². The van der Waals surface area contributed by atoms with E-state index in [-0.39, 0.29) is 65.4 Å². The quantitative estimate of drug-likeness (QED) is 0.132. The van der Waals surface area contributed by atoms with Crippen molar-refractivity contribution in [2.45, 2.75) is 82.5 Å². The molecule has 8 aliphatic carbocycles. The van der Waals surface area contributed by atoms with Crippen molar-refractivity contribution in [1.29, 1.82) is 0 Å². The second kappa shape index (κ2) is 7.87. The summed E-state index contributed by atoms with van der Waals surface area (Å²) in [4.78, 5) is 0. The van der Waals surface area contributed by atoms with Gasteiger partial charge in [-0.25, -0.2) is 0 Å². The van der Waals surface area contributed by atoms with Gasteiger partial charge in [-0.15, -0.1) is 13.8 Å². The second-order valence-corrected chi connectivity index (χ2v) is 14.8. The van der Waals surface area contributed by atoms with E-state index in [1.165, 1.54) is 30.4 Å². The molecule has 3 aromatic rings. The Morgan fingerprint density at radius 3 is 1.38 bits per heavy atom. The smallest absolute Gasteiger partial charge is 0 e. The molecule has 0 N–H and O–H groups in total. The molecule has 190 valence electrons. The molecule has 0 amide bonds. The Balaban J connectivity index is 0.00000110. The summed E-state index contributed by atoms with van der Waals surface area (Å²) in [7, 11) is 0. The van der Waals surface area contributed by atoms with Crippen LogP contribution in [0.25, 0.3) is 11.1 Å². The van der Waals surface area contributed by atoms with E-state index in [2.05, 4.69) is 64.1 Å². The predicted octanol–water partition coefficient (Wildman–Crippen LogP) is 8.28. The average molecular weight is 656 g/mol. The molecule has 2 heteroatoms. The number of rotatable bonds is 0. The number of hydrogen-bond donors (Lipinski definition) is 0. The first-order valence-electron chi connectivity index (χ1n) is 15.3. The van der Waals surface area contributed by atoms with Gasteiger partial charge in [0.25, 0.3) is 0 Å². The fourth-order valence-corrected chi connectivity index (χ4v) is 12.4. The minimum Gasteiger partial charge on any atom is -0.312 e. The molecular formula is C37H34Y2-2. The van der Waals surface area contributed by atoms with E-state index in [1.54, 1.807) is 55.6 Å². The van der Waals surface area contributed by atoms with Gasteiger partial charge in [0.2, 0.25) is 0 Å². The Morgan fingerprint density at radius 1 is 0.538 bits per heavy atom. The molecule has 0 heterocycles. The molecule has 39 heavy (non-hydrogen) atoms. The zero-order valence-corrected chi connectivity index (χ0v) is 29.2. The van der Waals surface area contributed by atoms with Crippen LogP contribution < -0.4 is 0 Å². The van der Waals surface area contributed by atoms with Crippen LogP contribution in [-0.2, 0) is 71.8 Å². The van der Waals surface area contributed by atoms with E-state index in [9.17, 15) is 0 Å². The second-order valence-electron chi connectivity index (χ2n) is 14.8. The van der Waals surface area contributed by atoms with Gasteiger partial charge < -0.3 is 12.1 Å². The fraction of sp³-hybridized carbons (Fsp3) is 0.514. The Kier molecular flexibility index (Phi) is 5.12. The number of benzene rings is 3. The Hall–Kier alpha value is -0.132. The summed E-state index contributed by atoms with van der Waals surface area (Å²) < 4.78 is 0.